The molecule has 1 saturated heterocycles. The number of ether oxygens (including phenoxy) is 1. The molecule has 1 aliphatic heterocycles. The third-order valence-corrected chi connectivity index (χ3v) is 8.11. The summed E-state index contributed by atoms with van der Waals surface area (Å²) in [6, 6.07) is 15.2. The number of pyridine rings is 1. The second kappa shape index (κ2) is 12.5. The van der Waals surface area contributed by atoms with Crippen LogP contribution in [0.15, 0.2) is 59.6 Å². The van der Waals surface area contributed by atoms with E-state index in [0.717, 1.165) is 38.2 Å². The Morgan fingerprint density at radius 2 is 2.08 bits per heavy atom. The van der Waals surface area contributed by atoms with Crippen molar-refractivity contribution in [1.29, 1.82) is 0 Å². The quantitative estimate of drug-likeness (QED) is 0.335. The number of carboxylic acids is 1. The van der Waals surface area contributed by atoms with Crippen LogP contribution in [0.3, 0.4) is 0 Å². The summed E-state index contributed by atoms with van der Waals surface area (Å²) in [4.78, 5) is 19.4. The summed E-state index contributed by atoms with van der Waals surface area (Å²) < 4.78 is 20.2. The summed E-state index contributed by atoms with van der Waals surface area (Å²) in [6.45, 7) is 2.64. The smallest absolute Gasteiger partial charge is 0.303 e. The predicted molar refractivity (Wildman–Crippen MR) is 142 cm³/mol. The summed E-state index contributed by atoms with van der Waals surface area (Å²) in [5.74, 6) is 0.712. The average Bonchev–Trinajstić information content (AvgIpc) is 2.88. The summed E-state index contributed by atoms with van der Waals surface area (Å²) in [5, 5.41) is 10.2. The predicted octanol–water partition coefficient (Wildman–Crippen LogP) is 5.37. The normalized spacial score (nSPS) is 19.3. The Balaban J connectivity index is 1.38. The minimum atomic E-state index is -0.770. The van der Waals surface area contributed by atoms with Crippen LogP contribution in [0.5, 0.6) is 5.75 Å². The number of thioether (sulfide) groups is 1. The van der Waals surface area contributed by atoms with Gasteiger partial charge in [-0.05, 0) is 68.0 Å². The number of hydrogen-bond acceptors (Lipinski definition) is 6. The van der Waals surface area contributed by atoms with Gasteiger partial charge >= 0.3 is 5.97 Å². The van der Waals surface area contributed by atoms with Crippen molar-refractivity contribution in [2.24, 2.45) is 17.6 Å². The maximum Gasteiger partial charge on any atom is 0.303 e. The molecule has 3 aromatic rings. The van der Waals surface area contributed by atoms with Gasteiger partial charge in [-0.1, -0.05) is 18.2 Å². The highest BCUT2D eigenvalue weighted by atomic mass is 32.2. The number of fused-ring (bicyclic) bond motifs is 1. The first-order chi connectivity index (χ1) is 17.4. The topological polar surface area (TPSA) is 88.7 Å². The number of aliphatic carboxylic acids is 1. The first-order valence-corrected chi connectivity index (χ1v) is 13.4. The average molecular weight is 512 g/mol. The van der Waals surface area contributed by atoms with E-state index >= 15 is 0 Å². The molecule has 3 atom stereocenters. The number of likely N-dealkylation sites (tertiary alicyclic amines) is 1. The molecule has 4 rings (SSSR count). The molecule has 1 aromatic heterocycles. The monoisotopic (exact) mass is 511 g/mol. The standard InChI is InChI=1S/C28H34FN3O3S/c1-35-21-8-10-26-23(16-21)28(24(29)17-31-26)25(30)9-7-19-11-12-32(18-20(19)15-27(33)34)13-14-36-22-5-3-2-4-6-22/h2-6,8,10,16-17,19-20,25H,7,9,11-15,18,30H2,1H3,(H,33,34)/t19-,20+,25+/m1/s1. The van der Waals surface area contributed by atoms with E-state index in [0.29, 0.717) is 28.6 Å². The number of halogens is 1. The Hall–Kier alpha value is -2.68. The molecule has 192 valence electrons. The van der Waals surface area contributed by atoms with Crippen molar-refractivity contribution in [3.05, 3.63) is 66.1 Å². The summed E-state index contributed by atoms with van der Waals surface area (Å²) >= 11 is 1.82. The Bertz CT molecular complexity index is 1160. The second-order valence-electron chi connectivity index (χ2n) is 9.46. The van der Waals surface area contributed by atoms with Gasteiger partial charge in [-0.3, -0.25) is 9.78 Å². The van der Waals surface area contributed by atoms with Crippen LogP contribution in [-0.4, -0.2) is 53.5 Å². The van der Waals surface area contributed by atoms with Crippen molar-refractivity contribution < 1.29 is 19.0 Å². The number of rotatable bonds is 11. The van der Waals surface area contributed by atoms with Gasteiger partial charge in [-0.15, -0.1) is 11.8 Å². The van der Waals surface area contributed by atoms with E-state index < -0.39 is 17.8 Å². The Labute approximate surface area is 216 Å². The lowest BCUT2D eigenvalue weighted by molar-refractivity contribution is -0.139. The number of nitrogens with two attached hydrogens (primary N) is 1. The van der Waals surface area contributed by atoms with Crippen LogP contribution < -0.4 is 10.5 Å². The first kappa shape index (κ1) is 26.4. The fourth-order valence-corrected chi connectivity index (χ4v) is 6.15. The van der Waals surface area contributed by atoms with E-state index in [1.165, 1.54) is 11.1 Å². The highest BCUT2D eigenvalue weighted by Crippen LogP contribution is 2.35. The molecular weight excluding hydrogens is 477 g/mol. The van der Waals surface area contributed by atoms with Crippen LogP contribution in [0.1, 0.15) is 37.3 Å². The number of hydrogen-bond donors (Lipinski definition) is 2. The van der Waals surface area contributed by atoms with Crippen molar-refractivity contribution in [3.8, 4) is 5.75 Å². The number of nitrogens with zero attached hydrogens (tertiary/aromatic N) is 2. The maximum absolute atomic E-state index is 14.8. The van der Waals surface area contributed by atoms with Gasteiger partial charge in [0.15, 0.2) is 0 Å². The fourth-order valence-electron chi connectivity index (χ4n) is 5.21. The van der Waals surface area contributed by atoms with E-state index in [1.54, 1.807) is 25.3 Å². The van der Waals surface area contributed by atoms with E-state index in [2.05, 4.69) is 22.0 Å². The third-order valence-electron chi connectivity index (χ3n) is 7.12. The zero-order chi connectivity index (χ0) is 25.5. The van der Waals surface area contributed by atoms with Crippen LogP contribution in [0.4, 0.5) is 4.39 Å². The minimum Gasteiger partial charge on any atom is -0.497 e. The van der Waals surface area contributed by atoms with Gasteiger partial charge in [0.25, 0.3) is 0 Å². The van der Waals surface area contributed by atoms with E-state index in [-0.39, 0.29) is 18.3 Å². The Morgan fingerprint density at radius 3 is 2.83 bits per heavy atom. The molecule has 2 aromatic carbocycles. The van der Waals surface area contributed by atoms with E-state index in [9.17, 15) is 14.3 Å². The zero-order valence-electron chi connectivity index (χ0n) is 20.6. The molecule has 6 nitrogen and oxygen atoms in total. The molecule has 0 saturated carbocycles. The highest BCUT2D eigenvalue weighted by molar-refractivity contribution is 7.99. The molecular formula is C28H34FN3O3S. The molecule has 1 aliphatic rings. The van der Waals surface area contributed by atoms with Crippen LogP contribution >= 0.6 is 11.8 Å². The molecule has 36 heavy (non-hydrogen) atoms. The Kier molecular flexibility index (Phi) is 9.18. The van der Waals surface area contributed by atoms with Crippen LogP contribution in [0, 0.1) is 17.7 Å². The van der Waals surface area contributed by atoms with Crippen LogP contribution in [0.25, 0.3) is 10.9 Å². The van der Waals surface area contributed by atoms with Crippen LogP contribution in [-0.2, 0) is 4.79 Å². The second-order valence-corrected chi connectivity index (χ2v) is 10.6. The van der Waals surface area contributed by atoms with Crippen LogP contribution in [0.2, 0.25) is 0 Å². The van der Waals surface area contributed by atoms with Gasteiger partial charge < -0.3 is 20.5 Å². The van der Waals surface area contributed by atoms with Crippen molar-refractivity contribution >= 4 is 28.6 Å². The SMILES string of the molecule is COc1ccc2ncc(F)c([C@@H](N)CC[C@@H]3CCN(CCSc4ccccc4)C[C@@H]3CC(=O)O)c2c1. The molecule has 0 spiro atoms. The van der Waals surface area contributed by atoms with Gasteiger partial charge in [0.05, 0.1) is 18.8 Å². The van der Waals surface area contributed by atoms with Crippen molar-refractivity contribution in [3.63, 3.8) is 0 Å². The largest absolute Gasteiger partial charge is 0.497 e. The maximum atomic E-state index is 14.8. The van der Waals surface area contributed by atoms with Crippen molar-refractivity contribution in [2.45, 2.75) is 36.6 Å². The fraction of sp³-hybridized carbons (Fsp3) is 0.429. The number of carboxylic acid groups (broad SMARTS) is 1. The molecule has 0 unspecified atom stereocenters. The summed E-state index contributed by atoms with van der Waals surface area (Å²) in [6.07, 6.45) is 3.64. The molecule has 0 bridgehead atoms. The summed E-state index contributed by atoms with van der Waals surface area (Å²) in [5.41, 5.74) is 7.65. The van der Waals surface area contributed by atoms with E-state index in [4.69, 9.17) is 10.5 Å². The zero-order valence-corrected chi connectivity index (χ0v) is 21.4. The molecule has 3 N–H and O–H groups in total. The first-order valence-electron chi connectivity index (χ1n) is 12.4. The molecule has 1 fully saturated rings. The molecule has 2 heterocycles. The summed E-state index contributed by atoms with van der Waals surface area (Å²) in [7, 11) is 1.57. The molecule has 8 heteroatoms. The number of carbonyl (C=O) groups is 1. The molecule has 0 radical (unpaired) electrons. The Morgan fingerprint density at radius 1 is 1.28 bits per heavy atom. The molecule has 0 amide bonds. The lowest BCUT2D eigenvalue weighted by Crippen LogP contribution is -2.42. The van der Waals surface area contributed by atoms with Gasteiger partial charge in [0.2, 0.25) is 0 Å². The molecule has 0 aliphatic carbocycles. The third kappa shape index (κ3) is 6.75. The number of benzene rings is 2. The lowest BCUT2D eigenvalue weighted by atomic mass is 9.79. The van der Waals surface area contributed by atoms with Gasteiger partial charge in [-0.2, -0.15) is 0 Å². The van der Waals surface area contributed by atoms with Gasteiger partial charge in [-0.25, -0.2) is 4.39 Å². The van der Waals surface area contributed by atoms with Gasteiger partial charge in [0.1, 0.15) is 11.6 Å². The number of piperidine rings is 1. The number of aromatic nitrogens is 1. The van der Waals surface area contributed by atoms with Crippen molar-refractivity contribution in [1.82, 2.24) is 9.88 Å². The van der Waals surface area contributed by atoms with Crippen molar-refractivity contribution in [2.75, 3.05) is 32.5 Å². The highest BCUT2D eigenvalue weighted by Gasteiger charge is 2.31. The number of methoxy groups -OCH3 is 1. The minimum absolute atomic E-state index is 0.0595. The van der Waals surface area contributed by atoms with E-state index in [1.807, 2.05) is 30.0 Å². The lowest BCUT2D eigenvalue weighted by Gasteiger charge is -2.38. The van der Waals surface area contributed by atoms with Gasteiger partial charge in [0, 0.05) is 47.2 Å².